The van der Waals surface area contributed by atoms with Crippen molar-refractivity contribution >= 4 is 11.5 Å². The minimum Gasteiger partial charge on any atom is -0.409 e. The highest BCUT2D eigenvalue weighted by Crippen LogP contribution is 2.23. The lowest BCUT2D eigenvalue weighted by molar-refractivity contribution is 0.305. The molecule has 106 valence electrons. The molecule has 0 aromatic heterocycles. The van der Waals surface area contributed by atoms with Crippen molar-refractivity contribution in [3.8, 4) is 0 Å². The number of hydrogen-bond acceptors (Lipinski definition) is 3. The fourth-order valence-electron chi connectivity index (χ4n) is 1.80. The summed E-state index contributed by atoms with van der Waals surface area (Å²) in [6.45, 7) is 6.50. The Morgan fingerprint density at radius 2 is 2.16 bits per heavy atom. The molecule has 19 heavy (non-hydrogen) atoms. The van der Waals surface area contributed by atoms with Gasteiger partial charge in [-0.3, -0.25) is 0 Å². The first-order valence-corrected chi connectivity index (χ1v) is 6.35. The van der Waals surface area contributed by atoms with Gasteiger partial charge in [-0.15, -0.1) is 0 Å². The molecular formula is C14H22FN3O. The fourth-order valence-corrected chi connectivity index (χ4v) is 1.80. The summed E-state index contributed by atoms with van der Waals surface area (Å²) in [6.07, 6.45) is 1.63. The number of hydrogen-bond donors (Lipinski definition) is 3. The molecule has 0 aliphatic rings. The molecule has 1 rings (SSSR count). The molecule has 1 aromatic rings. The summed E-state index contributed by atoms with van der Waals surface area (Å²) in [5.41, 5.74) is 7.10. The predicted octanol–water partition coefficient (Wildman–Crippen LogP) is 3.10. The van der Waals surface area contributed by atoms with Gasteiger partial charge < -0.3 is 16.3 Å². The number of nitrogens with one attached hydrogen (secondary N) is 1. The molecule has 0 radical (unpaired) electrons. The van der Waals surface area contributed by atoms with Crippen LogP contribution in [0.5, 0.6) is 0 Å². The Kier molecular flexibility index (Phi) is 5.15. The van der Waals surface area contributed by atoms with Gasteiger partial charge in [0, 0.05) is 17.6 Å². The number of anilines is 1. The summed E-state index contributed by atoms with van der Waals surface area (Å²) in [6, 6.07) is 4.68. The number of halogens is 1. The monoisotopic (exact) mass is 267 g/mol. The van der Waals surface area contributed by atoms with Crippen molar-refractivity contribution in [2.24, 2.45) is 16.3 Å². The van der Waals surface area contributed by atoms with E-state index in [1.165, 1.54) is 12.1 Å². The molecule has 4 nitrogen and oxygen atoms in total. The van der Waals surface area contributed by atoms with E-state index in [9.17, 15) is 4.39 Å². The van der Waals surface area contributed by atoms with E-state index in [-0.39, 0.29) is 17.1 Å². The lowest BCUT2D eigenvalue weighted by Crippen LogP contribution is -2.32. The van der Waals surface area contributed by atoms with Crippen LogP contribution in [0.4, 0.5) is 10.1 Å². The van der Waals surface area contributed by atoms with Gasteiger partial charge in [0.25, 0.3) is 0 Å². The van der Waals surface area contributed by atoms with Crippen LogP contribution in [0.15, 0.2) is 23.4 Å². The van der Waals surface area contributed by atoms with E-state index in [0.717, 1.165) is 24.1 Å². The van der Waals surface area contributed by atoms with E-state index in [2.05, 4.69) is 10.5 Å². The Labute approximate surface area is 113 Å². The van der Waals surface area contributed by atoms with E-state index in [0.29, 0.717) is 6.54 Å². The molecule has 0 heterocycles. The van der Waals surface area contributed by atoms with Crippen LogP contribution in [-0.4, -0.2) is 17.6 Å². The number of benzene rings is 1. The number of nitrogens with zero attached hydrogens (tertiary/aromatic N) is 1. The SMILES string of the molecule is Cc1ccc(F)cc1NCCCC(C)(C)C(N)=NO. The van der Waals surface area contributed by atoms with Gasteiger partial charge in [-0.25, -0.2) is 4.39 Å². The highest BCUT2D eigenvalue weighted by molar-refractivity contribution is 5.85. The zero-order chi connectivity index (χ0) is 14.5. The smallest absolute Gasteiger partial charge is 0.144 e. The Morgan fingerprint density at radius 1 is 1.47 bits per heavy atom. The fraction of sp³-hybridized carbons (Fsp3) is 0.500. The number of amidine groups is 1. The number of aryl methyl sites for hydroxylation is 1. The molecule has 0 fully saturated rings. The lowest BCUT2D eigenvalue weighted by Gasteiger charge is -2.22. The van der Waals surface area contributed by atoms with Gasteiger partial charge in [0.1, 0.15) is 11.7 Å². The second-order valence-electron chi connectivity index (χ2n) is 5.36. The molecule has 0 unspecified atom stereocenters. The van der Waals surface area contributed by atoms with Crippen LogP contribution < -0.4 is 11.1 Å². The molecule has 5 heteroatoms. The van der Waals surface area contributed by atoms with Crippen molar-refractivity contribution in [1.82, 2.24) is 0 Å². The summed E-state index contributed by atoms with van der Waals surface area (Å²) in [5, 5.41) is 14.9. The van der Waals surface area contributed by atoms with E-state index in [1.54, 1.807) is 6.07 Å². The summed E-state index contributed by atoms with van der Waals surface area (Å²) in [7, 11) is 0. The van der Waals surface area contributed by atoms with Crippen molar-refractivity contribution in [3.05, 3.63) is 29.6 Å². The average Bonchev–Trinajstić information content (AvgIpc) is 2.37. The zero-order valence-electron chi connectivity index (χ0n) is 11.7. The zero-order valence-corrected chi connectivity index (χ0v) is 11.7. The number of oxime groups is 1. The van der Waals surface area contributed by atoms with Crippen molar-refractivity contribution < 1.29 is 9.60 Å². The Balaban J connectivity index is 2.45. The first kappa shape index (κ1) is 15.3. The summed E-state index contributed by atoms with van der Waals surface area (Å²) in [5.74, 6) is -0.0143. The van der Waals surface area contributed by atoms with Crippen LogP contribution in [0.1, 0.15) is 32.3 Å². The van der Waals surface area contributed by atoms with Gasteiger partial charge in [-0.05, 0) is 37.5 Å². The molecule has 0 aliphatic carbocycles. The molecule has 0 aliphatic heterocycles. The van der Waals surface area contributed by atoms with E-state index in [1.807, 2.05) is 20.8 Å². The minimum atomic E-state index is -0.340. The molecule has 1 aromatic carbocycles. The van der Waals surface area contributed by atoms with E-state index in [4.69, 9.17) is 10.9 Å². The van der Waals surface area contributed by atoms with Gasteiger partial charge in [0.2, 0.25) is 0 Å². The Morgan fingerprint density at radius 3 is 2.79 bits per heavy atom. The first-order chi connectivity index (χ1) is 8.86. The third kappa shape index (κ3) is 4.43. The molecule has 0 amide bonds. The summed E-state index contributed by atoms with van der Waals surface area (Å²) < 4.78 is 13.1. The second kappa shape index (κ2) is 6.41. The maximum absolute atomic E-state index is 13.1. The number of rotatable bonds is 6. The third-order valence-electron chi connectivity index (χ3n) is 3.29. The maximum Gasteiger partial charge on any atom is 0.144 e. The van der Waals surface area contributed by atoms with E-state index < -0.39 is 0 Å². The van der Waals surface area contributed by atoms with Crippen molar-refractivity contribution in [2.45, 2.75) is 33.6 Å². The van der Waals surface area contributed by atoms with Gasteiger partial charge >= 0.3 is 0 Å². The van der Waals surface area contributed by atoms with Gasteiger partial charge in [0.15, 0.2) is 0 Å². The van der Waals surface area contributed by atoms with Crippen LogP contribution in [-0.2, 0) is 0 Å². The summed E-state index contributed by atoms with van der Waals surface area (Å²) >= 11 is 0. The predicted molar refractivity (Wildman–Crippen MR) is 76.1 cm³/mol. The van der Waals surface area contributed by atoms with Crippen molar-refractivity contribution in [1.29, 1.82) is 0 Å². The largest absolute Gasteiger partial charge is 0.409 e. The van der Waals surface area contributed by atoms with Crippen molar-refractivity contribution in [2.75, 3.05) is 11.9 Å². The topological polar surface area (TPSA) is 70.6 Å². The van der Waals surface area contributed by atoms with Gasteiger partial charge in [-0.1, -0.05) is 25.1 Å². The maximum atomic E-state index is 13.1. The second-order valence-corrected chi connectivity index (χ2v) is 5.36. The number of nitrogens with two attached hydrogens (primary N) is 1. The molecule has 0 saturated heterocycles. The van der Waals surface area contributed by atoms with Crippen LogP contribution >= 0.6 is 0 Å². The van der Waals surface area contributed by atoms with Gasteiger partial charge in [0.05, 0.1) is 0 Å². The van der Waals surface area contributed by atoms with Crippen LogP contribution in [0, 0.1) is 18.2 Å². The van der Waals surface area contributed by atoms with Gasteiger partial charge in [-0.2, -0.15) is 0 Å². The first-order valence-electron chi connectivity index (χ1n) is 6.35. The highest BCUT2D eigenvalue weighted by atomic mass is 19.1. The molecule has 4 N–H and O–H groups in total. The molecule has 0 bridgehead atoms. The molecule has 0 spiro atoms. The minimum absolute atomic E-state index is 0.231. The average molecular weight is 267 g/mol. The lowest BCUT2D eigenvalue weighted by atomic mass is 9.86. The van der Waals surface area contributed by atoms with E-state index >= 15 is 0 Å². The Hall–Kier alpha value is -1.78. The molecule has 0 atom stereocenters. The summed E-state index contributed by atoms with van der Waals surface area (Å²) in [4.78, 5) is 0. The van der Waals surface area contributed by atoms with Crippen LogP contribution in [0.25, 0.3) is 0 Å². The standard InChI is InChI=1S/C14H22FN3O/c1-10-5-6-11(15)9-12(10)17-8-4-7-14(2,3)13(16)18-19/h5-6,9,17,19H,4,7-8H2,1-3H3,(H2,16,18). The van der Waals surface area contributed by atoms with Crippen molar-refractivity contribution in [3.63, 3.8) is 0 Å². The normalized spacial score (nSPS) is 12.5. The molecule has 0 saturated carbocycles. The highest BCUT2D eigenvalue weighted by Gasteiger charge is 2.22. The van der Waals surface area contributed by atoms with Crippen LogP contribution in [0.3, 0.4) is 0 Å². The molecular weight excluding hydrogens is 245 g/mol. The Bertz CT molecular complexity index is 458. The third-order valence-corrected chi connectivity index (χ3v) is 3.29. The van der Waals surface area contributed by atoms with Crippen LogP contribution in [0.2, 0.25) is 0 Å². The quantitative estimate of drug-likeness (QED) is 0.244.